The Morgan fingerprint density at radius 3 is 1.81 bits per heavy atom. The van der Waals surface area contributed by atoms with Crippen LogP contribution in [-0.4, -0.2) is 46.6 Å². The number of methoxy groups -OCH3 is 2. The average molecular weight is 319 g/mol. The molecule has 0 aliphatic heterocycles. The van der Waals surface area contributed by atoms with E-state index < -0.39 is 38.3 Å². The maximum Gasteiger partial charge on any atom is 0.323 e. The molecule has 0 bridgehead atoms. The van der Waals surface area contributed by atoms with Crippen molar-refractivity contribution < 1.29 is 23.5 Å². The molecule has 0 aromatic rings. The van der Waals surface area contributed by atoms with E-state index in [1.165, 1.54) is 14.2 Å². The van der Waals surface area contributed by atoms with Gasteiger partial charge in [-0.05, 0) is 25.1 Å². The van der Waals surface area contributed by atoms with Crippen molar-refractivity contribution >= 4 is 20.3 Å². The number of esters is 2. The standard InChI is InChI=1S/C14H29NO5Si/c1-9(20-21(7,8)14(2,3)4)10(12(16)18-5)11(15)13(17)19-6/h9-11H,15H2,1-8H3/t9-,10+,11-/m0/s1. The number of carbonyl (C=O) groups is 2. The van der Waals surface area contributed by atoms with Crippen LogP contribution in [0.15, 0.2) is 0 Å². The molecule has 0 rings (SSSR count). The van der Waals surface area contributed by atoms with Crippen molar-refractivity contribution in [3.63, 3.8) is 0 Å². The zero-order chi connectivity index (χ0) is 17.0. The summed E-state index contributed by atoms with van der Waals surface area (Å²) in [6, 6.07) is -1.11. The van der Waals surface area contributed by atoms with Crippen molar-refractivity contribution in [2.45, 2.75) is 58.0 Å². The van der Waals surface area contributed by atoms with E-state index in [4.69, 9.17) is 14.9 Å². The van der Waals surface area contributed by atoms with Crippen LogP contribution in [0.5, 0.6) is 0 Å². The van der Waals surface area contributed by atoms with Crippen LogP contribution in [0.25, 0.3) is 0 Å². The minimum atomic E-state index is -2.10. The summed E-state index contributed by atoms with van der Waals surface area (Å²) >= 11 is 0. The van der Waals surface area contributed by atoms with Gasteiger partial charge in [0.15, 0.2) is 8.32 Å². The fourth-order valence-electron chi connectivity index (χ4n) is 1.76. The number of nitrogens with two attached hydrogens (primary N) is 1. The predicted octanol–water partition coefficient (Wildman–Crippen LogP) is 1.69. The largest absolute Gasteiger partial charge is 0.469 e. The monoisotopic (exact) mass is 319 g/mol. The number of carbonyl (C=O) groups excluding carboxylic acids is 2. The van der Waals surface area contributed by atoms with E-state index in [-0.39, 0.29) is 5.04 Å². The maximum atomic E-state index is 12.0. The Hall–Kier alpha value is -0.923. The van der Waals surface area contributed by atoms with Gasteiger partial charge in [0.2, 0.25) is 0 Å². The van der Waals surface area contributed by atoms with E-state index in [9.17, 15) is 9.59 Å². The molecule has 0 aromatic carbocycles. The molecule has 0 saturated carbocycles. The Labute approximate surface area is 128 Å². The molecule has 21 heavy (non-hydrogen) atoms. The van der Waals surface area contributed by atoms with Crippen LogP contribution in [0.1, 0.15) is 27.7 Å². The van der Waals surface area contributed by atoms with E-state index in [0.29, 0.717) is 0 Å². The first kappa shape index (κ1) is 20.1. The van der Waals surface area contributed by atoms with Crippen molar-refractivity contribution in [3.8, 4) is 0 Å². The lowest BCUT2D eigenvalue weighted by Gasteiger charge is -2.40. The lowest BCUT2D eigenvalue weighted by Crippen LogP contribution is -2.53. The summed E-state index contributed by atoms with van der Waals surface area (Å²) in [6.07, 6.45) is -0.535. The summed E-state index contributed by atoms with van der Waals surface area (Å²) in [5.74, 6) is -2.12. The molecule has 3 atom stereocenters. The first-order valence-corrected chi connectivity index (χ1v) is 9.89. The highest BCUT2D eigenvalue weighted by molar-refractivity contribution is 6.74. The minimum Gasteiger partial charge on any atom is -0.469 e. The second-order valence-corrected chi connectivity index (χ2v) is 11.4. The zero-order valence-electron chi connectivity index (χ0n) is 14.4. The Kier molecular flexibility index (Phi) is 7.05. The van der Waals surface area contributed by atoms with E-state index in [1.54, 1.807) is 6.92 Å². The Balaban J connectivity index is 5.28. The third kappa shape index (κ3) is 5.08. The molecule has 7 heteroatoms. The van der Waals surface area contributed by atoms with Crippen LogP contribution < -0.4 is 5.73 Å². The van der Waals surface area contributed by atoms with E-state index in [0.717, 1.165) is 0 Å². The Morgan fingerprint density at radius 1 is 1.05 bits per heavy atom. The lowest BCUT2D eigenvalue weighted by atomic mass is 9.95. The number of ether oxygens (including phenoxy) is 2. The van der Waals surface area contributed by atoms with Crippen LogP contribution >= 0.6 is 0 Å². The highest BCUT2D eigenvalue weighted by Gasteiger charge is 2.44. The Morgan fingerprint density at radius 2 is 1.48 bits per heavy atom. The molecule has 0 unspecified atom stereocenters. The summed E-state index contributed by atoms with van der Waals surface area (Å²) in [6.45, 7) is 12.2. The fraction of sp³-hybridized carbons (Fsp3) is 0.857. The van der Waals surface area contributed by atoms with Crippen LogP contribution in [0, 0.1) is 5.92 Å². The molecule has 2 N–H and O–H groups in total. The number of rotatable bonds is 6. The Bertz CT molecular complexity index is 378. The molecule has 0 aliphatic carbocycles. The molecule has 0 saturated heterocycles. The molecular weight excluding hydrogens is 290 g/mol. The first-order chi connectivity index (χ1) is 9.39. The van der Waals surface area contributed by atoms with E-state index in [2.05, 4.69) is 38.6 Å². The summed E-state index contributed by atoms with van der Waals surface area (Å²) in [5, 5.41) is -0.0166. The molecule has 0 radical (unpaired) electrons. The summed E-state index contributed by atoms with van der Waals surface area (Å²) in [7, 11) is 0.399. The van der Waals surface area contributed by atoms with Gasteiger partial charge in [-0.15, -0.1) is 0 Å². The highest BCUT2D eigenvalue weighted by atomic mass is 28.4. The van der Waals surface area contributed by atoms with Crippen LogP contribution in [0.2, 0.25) is 18.1 Å². The normalized spacial score (nSPS) is 16.8. The molecular formula is C14H29NO5Si. The zero-order valence-corrected chi connectivity index (χ0v) is 15.4. The van der Waals surface area contributed by atoms with Crippen LogP contribution in [-0.2, 0) is 23.5 Å². The van der Waals surface area contributed by atoms with Crippen molar-refractivity contribution in [3.05, 3.63) is 0 Å². The van der Waals surface area contributed by atoms with Gasteiger partial charge in [-0.3, -0.25) is 9.59 Å². The molecule has 0 spiro atoms. The molecule has 0 fully saturated rings. The molecule has 0 aliphatic rings. The third-order valence-electron chi connectivity index (χ3n) is 4.13. The number of hydrogen-bond donors (Lipinski definition) is 1. The molecule has 0 aromatic heterocycles. The predicted molar refractivity (Wildman–Crippen MR) is 83.2 cm³/mol. The quantitative estimate of drug-likeness (QED) is 0.592. The molecule has 0 heterocycles. The van der Waals surface area contributed by atoms with Crippen molar-refractivity contribution in [2.75, 3.05) is 14.2 Å². The van der Waals surface area contributed by atoms with Crippen molar-refractivity contribution in [2.24, 2.45) is 11.7 Å². The molecule has 6 nitrogen and oxygen atoms in total. The van der Waals surface area contributed by atoms with Gasteiger partial charge < -0.3 is 19.6 Å². The van der Waals surface area contributed by atoms with Gasteiger partial charge in [0.05, 0.1) is 20.3 Å². The molecule has 0 amide bonds. The second kappa shape index (κ2) is 7.37. The van der Waals surface area contributed by atoms with Gasteiger partial charge in [0, 0.05) is 0 Å². The van der Waals surface area contributed by atoms with Crippen LogP contribution in [0.3, 0.4) is 0 Å². The SMILES string of the molecule is COC(=O)[C@H]([C@H](C)O[Si](C)(C)C(C)(C)C)[C@H](N)C(=O)OC. The van der Waals surface area contributed by atoms with Crippen LogP contribution in [0.4, 0.5) is 0 Å². The highest BCUT2D eigenvalue weighted by Crippen LogP contribution is 2.38. The van der Waals surface area contributed by atoms with Gasteiger partial charge in [0.1, 0.15) is 12.0 Å². The van der Waals surface area contributed by atoms with Gasteiger partial charge in [-0.1, -0.05) is 20.8 Å². The smallest absolute Gasteiger partial charge is 0.323 e. The van der Waals surface area contributed by atoms with Gasteiger partial charge in [-0.25, -0.2) is 0 Å². The van der Waals surface area contributed by atoms with Gasteiger partial charge in [-0.2, -0.15) is 0 Å². The summed E-state index contributed by atoms with van der Waals surface area (Å²) < 4.78 is 15.5. The number of hydrogen-bond acceptors (Lipinski definition) is 6. The van der Waals surface area contributed by atoms with Crippen molar-refractivity contribution in [1.82, 2.24) is 0 Å². The van der Waals surface area contributed by atoms with E-state index in [1.807, 2.05) is 0 Å². The maximum absolute atomic E-state index is 12.0. The van der Waals surface area contributed by atoms with Crippen molar-refractivity contribution in [1.29, 1.82) is 0 Å². The summed E-state index contributed by atoms with van der Waals surface area (Å²) in [4.78, 5) is 23.6. The van der Waals surface area contributed by atoms with Gasteiger partial charge >= 0.3 is 11.9 Å². The third-order valence-corrected chi connectivity index (χ3v) is 8.70. The molecule has 124 valence electrons. The van der Waals surface area contributed by atoms with E-state index >= 15 is 0 Å². The average Bonchev–Trinajstić information content (AvgIpc) is 2.35. The van der Waals surface area contributed by atoms with Gasteiger partial charge in [0.25, 0.3) is 0 Å². The second-order valence-electron chi connectivity index (χ2n) is 6.68. The topological polar surface area (TPSA) is 87.9 Å². The minimum absolute atomic E-state index is 0.0166. The summed E-state index contributed by atoms with van der Waals surface area (Å²) in [5.41, 5.74) is 5.84. The first-order valence-electron chi connectivity index (χ1n) is 6.98. The fourth-order valence-corrected chi connectivity index (χ4v) is 3.19. The lowest BCUT2D eigenvalue weighted by molar-refractivity contribution is -0.157.